The predicted molar refractivity (Wildman–Crippen MR) is 70.7 cm³/mol. The van der Waals surface area contributed by atoms with Crippen LogP contribution in [0.15, 0.2) is 35.7 Å². The molecule has 0 fully saturated rings. The average molecular weight is 261 g/mol. The number of anilines is 1. The van der Waals surface area contributed by atoms with Crippen LogP contribution in [0.2, 0.25) is 0 Å². The predicted octanol–water partition coefficient (Wildman–Crippen LogP) is 2.82. The highest BCUT2D eigenvalue weighted by Crippen LogP contribution is 2.22. The Morgan fingerprint density at radius 2 is 2.06 bits per heavy atom. The number of carbonyl (C=O) groups excluding carboxylic acids is 2. The van der Waals surface area contributed by atoms with Crippen LogP contribution in [0.4, 0.5) is 5.69 Å². The Balaban J connectivity index is 2.08. The quantitative estimate of drug-likeness (QED) is 0.861. The van der Waals surface area contributed by atoms with Crippen molar-refractivity contribution in [1.82, 2.24) is 0 Å². The summed E-state index contributed by atoms with van der Waals surface area (Å²) in [5.41, 5.74) is 1.23. The number of amides is 1. The minimum absolute atomic E-state index is 0.192. The van der Waals surface area contributed by atoms with Crippen LogP contribution in [0, 0.1) is 0 Å². The highest BCUT2D eigenvalue weighted by molar-refractivity contribution is 7.12. The van der Waals surface area contributed by atoms with Crippen LogP contribution >= 0.6 is 11.3 Å². The van der Waals surface area contributed by atoms with Gasteiger partial charge >= 0.3 is 0 Å². The number of ether oxygens (including phenoxy) is 1. The Labute approximate surface area is 108 Å². The number of hydrogen-bond donors (Lipinski definition) is 1. The van der Waals surface area contributed by atoms with Crippen LogP contribution in [-0.4, -0.2) is 19.3 Å². The van der Waals surface area contributed by atoms with E-state index < -0.39 is 0 Å². The van der Waals surface area contributed by atoms with E-state index in [0.29, 0.717) is 21.9 Å². The summed E-state index contributed by atoms with van der Waals surface area (Å²) in [6, 6.07) is 8.36. The molecule has 1 amide bonds. The molecule has 4 nitrogen and oxygen atoms in total. The van der Waals surface area contributed by atoms with Gasteiger partial charge in [-0.15, -0.1) is 11.3 Å². The van der Waals surface area contributed by atoms with E-state index in [9.17, 15) is 9.59 Å². The molecular formula is C13H11NO3S. The number of thiophene rings is 1. The molecule has 0 bridgehead atoms. The topological polar surface area (TPSA) is 55.4 Å². The Morgan fingerprint density at radius 1 is 1.33 bits per heavy atom. The summed E-state index contributed by atoms with van der Waals surface area (Å²) < 4.78 is 5.02. The highest BCUT2D eigenvalue weighted by atomic mass is 32.1. The normalized spacial score (nSPS) is 9.83. The lowest BCUT2D eigenvalue weighted by atomic mass is 10.2. The molecule has 1 heterocycles. The third kappa shape index (κ3) is 2.75. The van der Waals surface area contributed by atoms with Crippen LogP contribution in [0.1, 0.15) is 20.0 Å². The van der Waals surface area contributed by atoms with Crippen LogP contribution < -0.4 is 10.1 Å². The molecule has 1 aromatic heterocycles. The third-order valence-electron chi connectivity index (χ3n) is 2.34. The largest absolute Gasteiger partial charge is 0.496 e. The summed E-state index contributed by atoms with van der Waals surface area (Å²) in [7, 11) is 1.56. The molecule has 5 heteroatoms. The van der Waals surface area contributed by atoms with Gasteiger partial charge in [0, 0.05) is 22.7 Å². The van der Waals surface area contributed by atoms with Gasteiger partial charge in [-0.25, -0.2) is 0 Å². The number of aldehydes is 1. The second-order valence-corrected chi connectivity index (χ2v) is 4.46. The van der Waals surface area contributed by atoms with Crippen molar-refractivity contribution < 1.29 is 14.3 Å². The molecule has 0 atom stereocenters. The smallest absolute Gasteiger partial charge is 0.265 e. The molecule has 0 aliphatic heterocycles. The summed E-state index contributed by atoms with van der Waals surface area (Å²) >= 11 is 1.32. The number of hydrogen-bond acceptors (Lipinski definition) is 4. The Bertz CT molecular complexity index is 560. The fraction of sp³-hybridized carbons (Fsp3) is 0.0769. The van der Waals surface area contributed by atoms with Crippen molar-refractivity contribution >= 4 is 29.2 Å². The molecule has 0 aliphatic rings. The molecule has 0 radical (unpaired) electrons. The SMILES string of the molecule is COc1csc(C(=O)Nc2ccc(C=O)cc2)c1. The van der Waals surface area contributed by atoms with Gasteiger partial charge in [-0.2, -0.15) is 0 Å². The van der Waals surface area contributed by atoms with Crippen LogP contribution in [0.25, 0.3) is 0 Å². The standard InChI is InChI=1S/C13H11NO3S/c1-17-11-6-12(18-8-11)13(16)14-10-4-2-9(7-15)3-5-10/h2-8H,1H3,(H,14,16). The maximum Gasteiger partial charge on any atom is 0.265 e. The van der Waals surface area contributed by atoms with E-state index in [0.717, 1.165) is 6.29 Å². The van der Waals surface area contributed by atoms with Crippen molar-refractivity contribution in [3.05, 3.63) is 46.2 Å². The maximum atomic E-state index is 11.9. The monoisotopic (exact) mass is 261 g/mol. The highest BCUT2D eigenvalue weighted by Gasteiger charge is 2.09. The third-order valence-corrected chi connectivity index (χ3v) is 3.25. The fourth-order valence-corrected chi connectivity index (χ4v) is 2.13. The van der Waals surface area contributed by atoms with Gasteiger partial charge in [-0.3, -0.25) is 9.59 Å². The number of methoxy groups -OCH3 is 1. The van der Waals surface area contributed by atoms with Gasteiger partial charge in [-0.05, 0) is 24.3 Å². The molecular weight excluding hydrogens is 250 g/mol. The van der Waals surface area contributed by atoms with E-state index >= 15 is 0 Å². The summed E-state index contributed by atoms with van der Waals surface area (Å²) in [5, 5.41) is 4.52. The minimum atomic E-state index is -0.192. The Hall–Kier alpha value is -2.14. The summed E-state index contributed by atoms with van der Waals surface area (Å²) in [6.07, 6.45) is 0.760. The maximum absolute atomic E-state index is 11.9. The summed E-state index contributed by atoms with van der Waals surface area (Å²) in [4.78, 5) is 22.9. The summed E-state index contributed by atoms with van der Waals surface area (Å²) in [6.45, 7) is 0. The number of benzene rings is 1. The van der Waals surface area contributed by atoms with Crippen LogP contribution in [0.3, 0.4) is 0 Å². The number of nitrogens with one attached hydrogen (secondary N) is 1. The molecule has 1 N–H and O–H groups in total. The lowest BCUT2D eigenvalue weighted by Gasteiger charge is -2.03. The van der Waals surface area contributed by atoms with E-state index in [4.69, 9.17) is 4.74 Å². The van der Waals surface area contributed by atoms with Gasteiger partial charge < -0.3 is 10.1 Å². The van der Waals surface area contributed by atoms with Crippen molar-refractivity contribution in [3.8, 4) is 5.75 Å². The van der Waals surface area contributed by atoms with E-state index in [1.54, 1.807) is 42.8 Å². The van der Waals surface area contributed by atoms with Crippen LogP contribution in [0.5, 0.6) is 5.75 Å². The average Bonchev–Trinajstić information content (AvgIpc) is 2.88. The van der Waals surface area contributed by atoms with Gasteiger partial charge in [0.15, 0.2) is 0 Å². The second kappa shape index (κ2) is 5.46. The molecule has 0 saturated carbocycles. The Kier molecular flexibility index (Phi) is 3.74. The van der Waals surface area contributed by atoms with E-state index in [1.807, 2.05) is 0 Å². The zero-order chi connectivity index (χ0) is 13.0. The van der Waals surface area contributed by atoms with Gasteiger partial charge in [0.2, 0.25) is 0 Å². The molecule has 0 aliphatic carbocycles. The molecule has 0 unspecified atom stereocenters. The first kappa shape index (κ1) is 12.3. The molecule has 18 heavy (non-hydrogen) atoms. The summed E-state index contributed by atoms with van der Waals surface area (Å²) in [5.74, 6) is 0.476. The van der Waals surface area contributed by atoms with Crippen molar-refractivity contribution in [2.75, 3.05) is 12.4 Å². The zero-order valence-corrected chi connectivity index (χ0v) is 10.5. The molecule has 1 aromatic carbocycles. The lowest BCUT2D eigenvalue weighted by Crippen LogP contribution is -2.09. The van der Waals surface area contributed by atoms with E-state index in [2.05, 4.69) is 5.32 Å². The zero-order valence-electron chi connectivity index (χ0n) is 9.67. The molecule has 0 saturated heterocycles. The lowest BCUT2D eigenvalue weighted by molar-refractivity contribution is 0.103. The first-order valence-corrected chi connectivity index (χ1v) is 6.10. The van der Waals surface area contributed by atoms with Crippen molar-refractivity contribution in [2.45, 2.75) is 0 Å². The second-order valence-electron chi connectivity index (χ2n) is 3.54. The Morgan fingerprint density at radius 3 is 2.61 bits per heavy atom. The molecule has 2 aromatic rings. The minimum Gasteiger partial charge on any atom is -0.496 e. The number of rotatable bonds is 4. The molecule has 92 valence electrons. The molecule has 2 rings (SSSR count). The van der Waals surface area contributed by atoms with Gasteiger partial charge in [-0.1, -0.05) is 0 Å². The van der Waals surface area contributed by atoms with Gasteiger partial charge in [0.25, 0.3) is 5.91 Å². The van der Waals surface area contributed by atoms with Crippen molar-refractivity contribution in [1.29, 1.82) is 0 Å². The van der Waals surface area contributed by atoms with Gasteiger partial charge in [0.05, 0.1) is 12.0 Å². The molecule has 0 spiro atoms. The van der Waals surface area contributed by atoms with Crippen LogP contribution in [-0.2, 0) is 0 Å². The van der Waals surface area contributed by atoms with Gasteiger partial charge in [0.1, 0.15) is 12.0 Å². The van der Waals surface area contributed by atoms with E-state index in [-0.39, 0.29) is 5.91 Å². The fourth-order valence-electron chi connectivity index (χ4n) is 1.38. The first-order valence-electron chi connectivity index (χ1n) is 5.22. The van der Waals surface area contributed by atoms with Crippen molar-refractivity contribution in [2.24, 2.45) is 0 Å². The first-order chi connectivity index (χ1) is 8.72. The van der Waals surface area contributed by atoms with E-state index in [1.165, 1.54) is 11.3 Å². The van der Waals surface area contributed by atoms with Crippen molar-refractivity contribution in [3.63, 3.8) is 0 Å². The number of carbonyl (C=O) groups is 2.